The van der Waals surface area contributed by atoms with Crippen molar-refractivity contribution in [1.82, 2.24) is 0 Å². The topological polar surface area (TPSA) is 35.2 Å². The smallest absolute Gasteiger partial charge is 0.137 e. The number of benzene rings is 1. The molecule has 1 aromatic heterocycles. The van der Waals surface area contributed by atoms with E-state index in [9.17, 15) is 0 Å². The number of aryl methyl sites for hydroxylation is 1. The summed E-state index contributed by atoms with van der Waals surface area (Å²) in [6, 6.07) is 7.56. The van der Waals surface area contributed by atoms with Gasteiger partial charge in [-0.25, -0.2) is 0 Å². The summed E-state index contributed by atoms with van der Waals surface area (Å²) in [5.41, 5.74) is 8.45. The van der Waals surface area contributed by atoms with Crippen molar-refractivity contribution in [2.75, 3.05) is 7.11 Å². The van der Waals surface area contributed by atoms with Gasteiger partial charge in [-0.05, 0) is 52.2 Å². The highest BCUT2D eigenvalue weighted by Gasteiger charge is 2.14. The van der Waals surface area contributed by atoms with Crippen LogP contribution in [0.3, 0.4) is 0 Å². The minimum absolute atomic E-state index is 0.161. The number of methoxy groups -OCH3 is 1. The molecule has 1 atom stereocenters. The van der Waals surface area contributed by atoms with Crippen LogP contribution in [0.15, 0.2) is 28.1 Å². The molecule has 1 aromatic carbocycles. The first kappa shape index (κ1) is 13.9. The Morgan fingerprint density at radius 2 is 2.11 bits per heavy atom. The van der Waals surface area contributed by atoms with Gasteiger partial charge in [0.15, 0.2) is 0 Å². The number of halogens is 2. The van der Waals surface area contributed by atoms with E-state index < -0.39 is 0 Å². The lowest BCUT2D eigenvalue weighted by Gasteiger charge is -2.12. The van der Waals surface area contributed by atoms with Gasteiger partial charge < -0.3 is 10.5 Å². The molecule has 0 aliphatic rings. The van der Waals surface area contributed by atoms with Gasteiger partial charge in [0.2, 0.25) is 0 Å². The van der Waals surface area contributed by atoms with Crippen LogP contribution in [0, 0.1) is 6.92 Å². The van der Waals surface area contributed by atoms with Crippen LogP contribution >= 0.6 is 38.9 Å². The molecule has 0 spiro atoms. The number of hydrogen-bond donors (Lipinski definition) is 1. The molecule has 0 amide bonds. The van der Waals surface area contributed by atoms with E-state index in [0.717, 1.165) is 14.2 Å². The van der Waals surface area contributed by atoms with Crippen molar-refractivity contribution in [3.05, 3.63) is 49.1 Å². The van der Waals surface area contributed by atoms with E-state index in [1.807, 2.05) is 18.2 Å². The normalized spacial score (nSPS) is 12.5. The van der Waals surface area contributed by atoms with Crippen molar-refractivity contribution in [3.8, 4) is 5.75 Å². The van der Waals surface area contributed by atoms with Gasteiger partial charge in [-0.1, -0.05) is 17.7 Å². The highest BCUT2D eigenvalue weighted by atomic mass is 79.9. The first-order valence-electron chi connectivity index (χ1n) is 5.37. The molecule has 1 heterocycles. The van der Waals surface area contributed by atoms with Crippen molar-refractivity contribution >= 4 is 38.9 Å². The summed E-state index contributed by atoms with van der Waals surface area (Å²) >= 11 is 11.2. The maximum absolute atomic E-state index is 6.26. The van der Waals surface area contributed by atoms with E-state index in [0.29, 0.717) is 10.8 Å². The summed E-state index contributed by atoms with van der Waals surface area (Å²) in [5, 5.41) is 0.594. The first-order valence-corrected chi connectivity index (χ1v) is 7.36. The molecule has 0 saturated heterocycles. The van der Waals surface area contributed by atoms with Crippen molar-refractivity contribution < 1.29 is 4.74 Å². The van der Waals surface area contributed by atoms with E-state index in [4.69, 9.17) is 22.1 Å². The third kappa shape index (κ3) is 2.72. The first-order chi connectivity index (χ1) is 8.52. The van der Waals surface area contributed by atoms with Crippen LogP contribution in [0.4, 0.5) is 0 Å². The third-order valence-electron chi connectivity index (χ3n) is 2.72. The zero-order valence-corrected chi connectivity index (χ0v) is 13.2. The molecule has 2 nitrogen and oxygen atoms in total. The van der Waals surface area contributed by atoms with Gasteiger partial charge in [0.1, 0.15) is 5.75 Å². The van der Waals surface area contributed by atoms with E-state index >= 15 is 0 Å². The average molecular weight is 347 g/mol. The Balaban J connectivity index is 2.36. The van der Waals surface area contributed by atoms with Crippen LogP contribution in [-0.2, 0) is 0 Å². The van der Waals surface area contributed by atoms with Gasteiger partial charge in [-0.2, -0.15) is 0 Å². The summed E-state index contributed by atoms with van der Waals surface area (Å²) in [7, 11) is 1.60. The summed E-state index contributed by atoms with van der Waals surface area (Å²) in [5.74, 6) is 0.650. The second-order valence-electron chi connectivity index (χ2n) is 3.98. The molecule has 0 saturated carbocycles. The van der Waals surface area contributed by atoms with Crippen molar-refractivity contribution in [2.24, 2.45) is 5.73 Å². The van der Waals surface area contributed by atoms with Gasteiger partial charge >= 0.3 is 0 Å². The Bertz CT molecular complexity index is 551. The van der Waals surface area contributed by atoms with Crippen molar-refractivity contribution in [3.63, 3.8) is 0 Å². The Kier molecular flexibility index (Phi) is 4.33. The average Bonchev–Trinajstić information content (AvgIpc) is 2.69. The number of nitrogens with two attached hydrogens (primary N) is 1. The fourth-order valence-corrected chi connectivity index (χ4v) is 3.47. The lowest BCUT2D eigenvalue weighted by molar-refractivity contribution is 0.414. The number of ether oxygens (including phenoxy) is 1. The van der Waals surface area contributed by atoms with E-state index in [-0.39, 0.29) is 6.04 Å². The zero-order chi connectivity index (χ0) is 13.3. The Morgan fingerprint density at radius 3 is 2.67 bits per heavy atom. The molecule has 96 valence electrons. The maximum atomic E-state index is 6.26. The molecule has 2 aromatic rings. The molecule has 0 aliphatic carbocycles. The van der Waals surface area contributed by atoms with Crippen molar-refractivity contribution in [1.29, 1.82) is 0 Å². The molecular formula is C13H13BrClNOS. The van der Waals surface area contributed by atoms with Crippen LogP contribution in [0.5, 0.6) is 5.75 Å². The van der Waals surface area contributed by atoms with Crippen LogP contribution in [-0.4, -0.2) is 7.11 Å². The van der Waals surface area contributed by atoms with E-state index in [2.05, 4.69) is 28.9 Å². The van der Waals surface area contributed by atoms with Crippen LogP contribution in [0.25, 0.3) is 0 Å². The lowest BCUT2D eigenvalue weighted by atomic mass is 10.1. The van der Waals surface area contributed by atoms with Gasteiger partial charge in [0.25, 0.3) is 0 Å². The molecule has 0 aliphatic heterocycles. The summed E-state index contributed by atoms with van der Waals surface area (Å²) in [4.78, 5) is 1.11. The Hall–Kier alpha value is -0.550. The highest BCUT2D eigenvalue weighted by Crippen LogP contribution is 2.35. The van der Waals surface area contributed by atoms with Crippen LogP contribution in [0.2, 0.25) is 5.02 Å². The minimum Gasteiger partial charge on any atom is -0.495 e. The Labute approximate surface area is 124 Å². The summed E-state index contributed by atoms with van der Waals surface area (Å²) < 4.78 is 6.33. The minimum atomic E-state index is -0.161. The lowest BCUT2D eigenvalue weighted by Crippen LogP contribution is -2.10. The molecule has 0 radical (unpaired) electrons. The monoisotopic (exact) mass is 345 g/mol. The third-order valence-corrected chi connectivity index (χ3v) is 5.25. The Morgan fingerprint density at radius 1 is 1.39 bits per heavy atom. The fourth-order valence-electron chi connectivity index (χ4n) is 1.67. The predicted molar refractivity (Wildman–Crippen MR) is 80.8 cm³/mol. The number of rotatable bonds is 3. The second kappa shape index (κ2) is 5.61. The molecular weight excluding hydrogens is 334 g/mol. The SMILES string of the molecule is COc1cc(C(N)c2cc(C)c(Br)s2)ccc1Cl. The van der Waals surface area contributed by atoms with Gasteiger partial charge in [-0.3, -0.25) is 0 Å². The maximum Gasteiger partial charge on any atom is 0.137 e. The summed E-state index contributed by atoms with van der Waals surface area (Å²) in [6.07, 6.45) is 0. The highest BCUT2D eigenvalue weighted by molar-refractivity contribution is 9.11. The van der Waals surface area contributed by atoms with Gasteiger partial charge in [0.05, 0.1) is 22.0 Å². The van der Waals surface area contributed by atoms with Crippen LogP contribution < -0.4 is 10.5 Å². The predicted octanol–water partition coefficient (Wildman–Crippen LogP) is 4.53. The largest absolute Gasteiger partial charge is 0.495 e. The molecule has 2 rings (SSSR count). The molecule has 2 N–H and O–H groups in total. The second-order valence-corrected chi connectivity index (χ2v) is 6.79. The van der Waals surface area contributed by atoms with Crippen molar-refractivity contribution in [2.45, 2.75) is 13.0 Å². The van der Waals surface area contributed by atoms with Gasteiger partial charge in [-0.15, -0.1) is 11.3 Å². The van der Waals surface area contributed by atoms with Crippen LogP contribution in [0.1, 0.15) is 22.0 Å². The standard InChI is InChI=1S/C13H13BrClNOS/c1-7-5-11(18-13(7)14)12(16)8-3-4-9(15)10(6-8)17-2/h3-6,12H,16H2,1-2H3. The molecule has 18 heavy (non-hydrogen) atoms. The van der Waals surface area contributed by atoms with E-state index in [1.54, 1.807) is 18.4 Å². The molecule has 5 heteroatoms. The molecule has 1 unspecified atom stereocenters. The summed E-state index contributed by atoms with van der Waals surface area (Å²) in [6.45, 7) is 2.05. The van der Waals surface area contributed by atoms with Gasteiger partial charge in [0, 0.05) is 4.88 Å². The number of thiophene rings is 1. The quantitative estimate of drug-likeness (QED) is 0.886. The van der Waals surface area contributed by atoms with E-state index in [1.165, 1.54) is 5.56 Å². The number of hydrogen-bond acceptors (Lipinski definition) is 3. The molecule has 0 bridgehead atoms. The molecule has 0 fully saturated rings. The fraction of sp³-hybridized carbons (Fsp3) is 0.231. The zero-order valence-electron chi connectivity index (χ0n) is 10.0.